The van der Waals surface area contributed by atoms with Gasteiger partial charge in [-0.25, -0.2) is 0 Å². The number of unbranched alkanes of at least 4 members (excludes halogenated alkanes) is 5. The largest absolute Gasteiger partial charge is 0.491 e. The summed E-state index contributed by atoms with van der Waals surface area (Å²) in [5.74, 6) is 0.541. The number of hydrogen-bond donors (Lipinski definition) is 1. The molecule has 2 fully saturated rings. The van der Waals surface area contributed by atoms with Crippen LogP contribution in [-0.4, -0.2) is 62.0 Å². The number of carbonyl (C=O) groups excluding carboxylic acids is 1. The standard InChI is InChI=1S/C21H32N2O6/c1-2-3-4-5-6-7-10-23-21(24)20-19-18(27-15-29-20)17(26-14-28-19)13-25-16-8-11-22-12-9-16/h8-9,11-12,17-20H,2-7,10,13-15H2,1H3,(H,23,24)/t17-,18-,19+,20-/m1/s1. The van der Waals surface area contributed by atoms with Crippen molar-refractivity contribution >= 4 is 5.91 Å². The molecule has 29 heavy (non-hydrogen) atoms. The van der Waals surface area contributed by atoms with Crippen LogP contribution in [0.15, 0.2) is 24.5 Å². The molecular weight excluding hydrogens is 376 g/mol. The lowest BCUT2D eigenvalue weighted by atomic mass is 10.00. The molecule has 0 saturated carbocycles. The van der Waals surface area contributed by atoms with Gasteiger partial charge in [0.1, 0.15) is 44.3 Å². The minimum absolute atomic E-state index is 0.0226. The summed E-state index contributed by atoms with van der Waals surface area (Å²) in [6.07, 6.45) is 8.40. The first-order valence-electron chi connectivity index (χ1n) is 10.6. The Kier molecular flexibility index (Phi) is 9.14. The van der Waals surface area contributed by atoms with E-state index in [0.29, 0.717) is 18.9 Å². The molecule has 1 N–H and O–H groups in total. The lowest BCUT2D eigenvalue weighted by Gasteiger charge is -2.43. The Bertz CT molecular complexity index is 602. The molecule has 1 amide bonds. The van der Waals surface area contributed by atoms with Crippen LogP contribution in [-0.2, 0) is 23.7 Å². The van der Waals surface area contributed by atoms with Gasteiger partial charge in [-0.2, -0.15) is 0 Å². The van der Waals surface area contributed by atoms with E-state index in [1.807, 2.05) is 0 Å². The number of amides is 1. The van der Waals surface area contributed by atoms with Gasteiger partial charge in [0, 0.05) is 18.9 Å². The highest BCUT2D eigenvalue weighted by Crippen LogP contribution is 2.26. The molecule has 8 nitrogen and oxygen atoms in total. The van der Waals surface area contributed by atoms with Crippen LogP contribution < -0.4 is 10.1 Å². The number of ether oxygens (including phenoxy) is 5. The van der Waals surface area contributed by atoms with Gasteiger partial charge in [0.2, 0.25) is 0 Å². The summed E-state index contributed by atoms with van der Waals surface area (Å²) >= 11 is 0. The Hall–Kier alpha value is -1.74. The molecule has 0 spiro atoms. The van der Waals surface area contributed by atoms with Crippen molar-refractivity contribution in [2.75, 3.05) is 26.7 Å². The average molecular weight is 408 g/mol. The number of carbonyl (C=O) groups is 1. The highest BCUT2D eigenvalue weighted by Gasteiger charge is 2.47. The van der Waals surface area contributed by atoms with Gasteiger partial charge in [-0.1, -0.05) is 39.0 Å². The van der Waals surface area contributed by atoms with Crippen LogP contribution in [0.25, 0.3) is 0 Å². The van der Waals surface area contributed by atoms with E-state index in [2.05, 4.69) is 17.2 Å². The second kappa shape index (κ2) is 12.1. The zero-order chi connectivity index (χ0) is 20.3. The Morgan fingerprint density at radius 3 is 2.59 bits per heavy atom. The smallest absolute Gasteiger partial charge is 0.252 e. The Morgan fingerprint density at radius 1 is 1.03 bits per heavy atom. The normalized spacial score (nSPS) is 26.5. The van der Waals surface area contributed by atoms with Crippen molar-refractivity contribution < 1.29 is 28.5 Å². The summed E-state index contributed by atoms with van der Waals surface area (Å²) in [7, 11) is 0. The number of nitrogens with zero attached hydrogens (tertiary/aromatic N) is 1. The van der Waals surface area contributed by atoms with E-state index in [4.69, 9.17) is 23.7 Å². The molecule has 2 aliphatic rings. The highest BCUT2D eigenvalue weighted by atomic mass is 16.8. The molecule has 3 heterocycles. The molecule has 4 atom stereocenters. The summed E-state index contributed by atoms with van der Waals surface area (Å²) in [5.41, 5.74) is 0. The van der Waals surface area contributed by atoms with E-state index in [-0.39, 0.29) is 25.6 Å². The molecular formula is C21H32N2O6. The van der Waals surface area contributed by atoms with Crippen molar-refractivity contribution in [3.05, 3.63) is 24.5 Å². The SMILES string of the molecule is CCCCCCCCNC(=O)[C@@H]1OCO[C@H]2[C@@H]1OCO[C@@H]2COc1ccncc1. The first-order valence-corrected chi connectivity index (χ1v) is 10.6. The number of nitrogens with one attached hydrogen (secondary N) is 1. The first kappa shape index (κ1) is 22.0. The maximum Gasteiger partial charge on any atom is 0.252 e. The minimum atomic E-state index is -0.707. The third-order valence-electron chi connectivity index (χ3n) is 5.19. The van der Waals surface area contributed by atoms with E-state index < -0.39 is 18.3 Å². The first-order chi connectivity index (χ1) is 14.3. The highest BCUT2D eigenvalue weighted by molar-refractivity contribution is 5.81. The summed E-state index contributed by atoms with van der Waals surface area (Å²) in [4.78, 5) is 16.6. The molecule has 2 aliphatic heterocycles. The number of hydrogen-bond acceptors (Lipinski definition) is 7. The summed E-state index contributed by atoms with van der Waals surface area (Å²) in [5, 5.41) is 2.97. The summed E-state index contributed by atoms with van der Waals surface area (Å²) in [6, 6.07) is 3.56. The zero-order valence-corrected chi connectivity index (χ0v) is 17.1. The Balaban J connectivity index is 1.44. The number of pyridine rings is 1. The van der Waals surface area contributed by atoms with Crippen molar-refractivity contribution in [3.8, 4) is 5.75 Å². The van der Waals surface area contributed by atoms with Crippen LogP contribution in [0.1, 0.15) is 45.4 Å². The monoisotopic (exact) mass is 408 g/mol. The maximum absolute atomic E-state index is 12.6. The van der Waals surface area contributed by atoms with Gasteiger partial charge in [-0.3, -0.25) is 9.78 Å². The number of fused-ring (bicyclic) bond motifs is 1. The van der Waals surface area contributed by atoms with Gasteiger partial charge in [0.05, 0.1) is 0 Å². The molecule has 1 aromatic rings. The molecule has 8 heteroatoms. The Labute approximate surface area is 172 Å². The van der Waals surface area contributed by atoms with E-state index >= 15 is 0 Å². The topological polar surface area (TPSA) is 88.1 Å². The molecule has 2 saturated heterocycles. The molecule has 162 valence electrons. The minimum Gasteiger partial charge on any atom is -0.491 e. The van der Waals surface area contributed by atoms with Gasteiger partial charge in [-0.05, 0) is 18.6 Å². The van der Waals surface area contributed by atoms with Crippen molar-refractivity contribution in [1.29, 1.82) is 0 Å². The lowest BCUT2D eigenvalue weighted by molar-refractivity contribution is -0.319. The van der Waals surface area contributed by atoms with E-state index in [1.165, 1.54) is 25.7 Å². The zero-order valence-electron chi connectivity index (χ0n) is 17.1. The molecule has 3 rings (SSSR count). The number of rotatable bonds is 11. The van der Waals surface area contributed by atoms with Gasteiger partial charge < -0.3 is 29.0 Å². The van der Waals surface area contributed by atoms with E-state index in [0.717, 1.165) is 12.8 Å². The molecule has 0 unspecified atom stereocenters. The van der Waals surface area contributed by atoms with Crippen LogP contribution in [0.3, 0.4) is 0 Å². The van der Waals surface area contributed by atoms with E-state index in [1.54, 1.807) is 24.5 Å². The third kappa shape index (κ3) is 6.64. The molecule has 0 aliphatic carbocycles. The van der Waals surface area contributed by atoms with Crippen molar-refractivity contribution in [1.82, 2.24) is 10.3 Å². The molecule has 1 aromatic heterocycles. The number of aromatic nitrogens is 1. The van der Waals surface area contributed by atoms with Gasteiger partial charge in [0.15, 0.2) is 6.10 Å². The predicted octanol–water partition coefficient (Wildman–Crippen LogP) is 2.42. The van der Waals surface area contributed by atoms with Crippen LogP contribution in [0.4, 0.5) is 0 Å². The Morgan fingerprint density at radius 2 is 1.76 bits per heavy atom. The lowest BCUT2D eigenvalue weighted by Crippen LogP contribution is -2.61. The summed E-state index contributed by atoms with van der Waals surface area (Å²) in [6.45, 7) is 3.23. The quantitative estimate of drug-likeness (QED) is 0.563. The third-order valence-corrected chi connectivity index (χ3v) is 5.19. The van der Waals surface area contributed by atoms with Crippen LogP contribution in [0.5, 0.6) is 5.75 Å². The van der Waals surface area contributed by atoms with Crippen molar-refractivity contribution in [2.45, 2.75) is 69.9 Å². The second-order valence-electron chi connectivity index (χ2n) is 7.34. The van der Waals surface area contributed by atoms with Crippen LogP contribution in [0.2, 0.25) is 0 Å². The fourth-order valence-corrected chi connectivity index (χ4v) is 3.55. The van der Waals surface area contributed by atoms with Crippen LogP contribution >= 0.6 is 0 Å². The molecule has 0 aromatic carbocycles. The van der Waals surface area contributed by atoms with Crippen LogP contribution in [0, 0.1) is 0 Å². The maximum atomic E-state index is 12.6. The molecule has 0 bridgehead atoms. The van der Waals surface area contributed by atoms with E-state index in [9.17, 15) is 4.79 Å². The van der Waals surface area contributed by atoms with Crippen molar-refractivity contribution in [3.63, 3.8) is 0 Å². The van der Waals surface area contributed by atoms with Gasteiger partial charge in [-0.15, -0.1) is 0 Å². The van der Waals surface area contributed by atoms with Crippen molar-refractivity contribution in [2.24, 2.45) is 0 Å². The fourth-order valence-electron chi connectivity index (χ4n) is 3.55. The second-order valence-corrected chi connectivity index (χ2v) is 7.34. The predicted molar refractivity (Wildman–Crippen MR) is 105 cm³/mol. The summed E-state index contributed by atoms with van der Waals surface area (Å²) < 4.78 is 28.4. The van der Waals surface area contributed by atoms with Gasteiger partial charge in [0.25, 0.3) is 5.91 Å². The average Bonchev–Trinajstić information content (AvgIpc) is 2.77. The fraction of sp³-hybridized carbons (Fsp3) is 0.714. The molecule has 0 radical (unpaired) electrons. The van der Waals surface area contributed by atoms with Gasteiger partial charge >= 0.3 is 0 Å².